The number of anilines is 1. The average Bonchev–Trinajstić information content (AvgIpc) is 3.55. The van der Waals surface area contributed by atoms with E-state index in [1.165, 1.54) is 5.56 Å². The van der Waals surface area contributed by atoms with Crippen molar-refractivity contribution in [3.63, 3.8) is 0 Å². The van der Waals surface area contributed by atoms with E-state index in [1.807, 2.05) is 36.4 Å². The number of halogens is 2. The lowest BCUT2D eigenvalue weighted by Crippen LogP contribution is -2.38. The average molecular weight is 628 g/mol. The molecule has 0 amide bonds. The molecule has 1 aromatic heterocycles. The third-order valence-corrected chi connectivity index (χ3v) is 8.07. The second-order valence-electron chi connectivity index (χ2n) is 10.8. The molecule has 2 fully saturated rings. The van der Waals surface area contributed by atoms with E-state index >= 15 is 0 Å². The second-order valence-corrected chi connectivity index (χ2v) is 10.8. The molecule has 230 valence electrons. The largest absolute Gasteiger partial charge is 0.497 e. The van der Waals surface area contributed by atoms with E-state index in [0.29, 0.717) is 12.6 Å². The summed E-state index contributed by atoms with van der Waals surface area (Å²) in [5.41, 5.74) is 3.14. The first-order valence-corrected chi connectivity index (χ1v) is 14.5. The van der Waals surface area contributed by atoms with Crippen LogP contribution in [-0.4, -0.2) is 67.8 Å². The molecule has 1 atom stereocenters. The third kappa shape index (κ3) is 8.00. The Balaban J connectivity index is 0.00000212. The summed E-state index contributed by atoms with van der Waals surface area (Å²) in [5.74, 6) is 3.32. The zero-order valence-electron chi connectivity index (χ0n) is 24.7. The topological polar surface area (TPSA) is 78.0 Å². The van der Waals surface area contributed by atoms with Crippen LogP contribution in [0.25, 0.3) is 22.0 Å². The number of ether oxygens (including phenoxy) is 4. The van der Waals surface area contributed by atoms with Gasteiger partial charge in [0.05, 0.1) is 20.3 Å². The fourth-order valence-corrected chi connectivity index (χ4v) is 5.67. The molecule has 2 aliphatic rings. The van der Waals surface area contributed by atoms with Gasteiger partial charge in [0.25, 0.3) is 0 Å². The first-order valence-electron chi connectivity index (χ1n) is 14.5. The molecule has 2 aliphatic heterocycles. The van der Waals surface area contributed by atoms with Crippen LogP contribution in [0, 0.1) is 0 Å². The van der Waals surface area contributed by atoms with Crippen molar-refractivity contribution in [2.45, 2.75) is 44.4 Å². The summed E-state index contributed by atoms with van der Waals surface area (Å²) in [6, 6.07) is 22.8. The van der Waals surface area contributed by atoms with Gasteiger partial charge in [-0.25, -0.2) is 0 Å². The third-order valence-electron chi connectivity index (χ3n) is 8.07. The van der Waals surface area contributed by atoms with Gasteiger partial charge in [0.2, 0.25) is 0 Å². The van der Waals surface area contributed by atoms with Crippen molar-refractivity contribution >= 4 is 41.4 Å². The zero-order chi connectivity index (χ0) is 28.0. The molecule has 6 rings (SSSR count). The van der Waals surface area contributed by atoms with E-state index < -0.39 is 0 Å². The molecule has 10 heteroatoms. The highest BCUT2D eigenvalue weighted by Gasteiger charge is 2.22. The molecule has 3 aromatic carbocycles. The number of aromatic nitrogens is 2. The van der Waals surface area contributed by atoms with Crippen LogP contribution in [0.4, 0.5) is 5.82 Å². The van der Waals surface area contributed by atoms with Gasteiger partial charge in [0.15, 0.2) is 5.82 Å². The van der Waals surface area contributed by atoms with Crippen molar-refractivity contribution in [2.24, 2.45) is 0 Å². The lowest BCUT2D eigenvalue weighted by Gasteiger charge is -2.32. The highest BCUT2D eigenvalue weighted by Crippen LogP contribution is 2.34. The summed E-state index contributed by atoms with van der Waals surface area (Å²) in [6.45, 7) is 4.47. The number of nitrogens with zero attached hydrogens (tertiary/aromatic N) is 3. The number of methoxy groups -OCH3 is 2. The van der Waals surface area contributed by atoms with Gasteiger partial charge < -0.3 is 24.3 Å². The maximum atomic E-state index is 5.92. The van der Waals surface area contributed by atoms with Gasteiger partial charge in [-0.05, 0) is 85.8 Å². The minimum atomic E-state index is 0. The number of nitrogens with one attached hydrogen (secondary N) is 1. The van der Waals surface area contributed by atoms with Crippen molar-refractivity contribution in [3.8, 4) is 28.5 Å². The first kappa shape index (κ1) is 32.6. The molecule has 0 aliphatic carbocycles. The number of rotatable bonds is 10. The lowest BCUT2D eigenvalue weighted by molar-refractivity contribution is 0.0679. The zero-order valence-corrected chi connectivity index (χ0v) is 26.3. The maximum absolute atomic E-state index is 5.92. The van der Waals surface area contributed by atoms with E-state index in [-0.39, 0.29) is 30.9 Å². The van der Waals surface area contributed by atoms with E-state index in [0.717, 1.165) is 97.0 Å². The molecule has 4 aromatic rings. The summed E-state index contributed by atoms with van der Waals surface area (Å²) in [4.78, 5) is 2.51. The van der Waals surface area contributed by atoms with Crippen LogP contribution >= 0.6 is 24.8 Å². The van der Waals surface area contributed by atoms with E-state index in [2.05, 4.69) is 50.7 Å². The van der Waals surface area contributed by atoms with Crippen molar-refractivity contribution < 1.29 is 18.9 Å². The Morgan fingerprint density at radius 2 is 1.51 bits per heavy atom. The van der Waals surface area contributed by atoms with Gasteiger partial charge in [-0.3, -0.25) is 4.90 Å². The van der Waals surface area contributed by atoms with E-state index in [1.54, 1.807) is 14.2 Å². The standard InChI is InChI=1S/C33H38N4O4.2ClH/c1-38-26-11-7-24(8-12-26)32-30-14-13-28(39-2)20-31(30)33(36-35-32)34-25-15-17-37(18-16-25)21-23-5-9-27(10-6-23)41-22-29-4-3-19-40-29;;/h5-14,20,25,29H,3-4,15-19,21-22H2,1-2H3,(H,34,36);2*1H. The number of hydrogen-bond acceptors (Lipinski definition) is 8. The van der Waals surface area contributed by atoms with Gasteiger partial charge in [-0.2, -0.15) is 0 Å². The molecule has 0 saturated carbocycles. The predicted molar refractivity (Wildman–Crippen MR) is 175 cm³/mol. The Bertz CT molecular complexity index is 1440. The quantitative estimate of drug-likeness (QED) is 0.206. The molecule has 0 bridgehead atoms. The van der Waals surface area contributed by atoms with Crippen LogP contribution in [0.3, 0.4) is 0 Å². The molecule has 2 saturated heterocycles. The predicted octanol–water partition coefficient (Wildman–Crippen LogP) is 6.79. The molecular weight excluding hydrogens is 587 g/mol. The minimum absolute atomic E-state index is 0. The maximum Gasteiger partial charge on any atom is 0.156 e. The SMILES string of the molecule is COc1ccc(-c2nnc(NC3CCN(Cc4ccc(OCC5CCCO5)cc4)CC3)c3cc(OC)ccc23)cc1.Cl.Cl. The van der Waals surface area contributed by atoms with Crippen LogP contribution in [0.1, 0.15) is 31.2 Å². The summed E-state index contributed by atoms with van der Waals surface area (Å²) in [5, 5.41) is 15.0. The molecule has 1 N–H and O–H groups in total. The van der Waals surface area contributed by atoms with Crippen molar-refractivity contribution in [1.82, 2.24) is 15.1 Å². The fourth-order valence-electron chi connectivity index (χ4n) is 5.67. The number of hydrogen-bond donors (Lipinski definition) is 1. The van der Waals surface area contributed by atoms with Crippen molar-refractivity contribution in [1.29, 1.82) is 0 Å². The summed E-state index contributed by atoms with van der Waals surface area (Å²) in [7, 11) is 3.36. The molecule has 0 radical (unpaired) electrons. The molecule has 43 heavy (non-hydrogen) atoms. The number of fused-ring (bicyclic) bond motifs is 1. The fraction of sp³-hybridized carbons (Fsp3) is 0.394. The summed E-state index contributed by atoms with van der Waals surface area (Å²) >= 11 is 0. The number of likely N-dealkylation sites (tertiary alicyclic amines) is 1. The van der Waals surface area contributed by atoms with Gasteiger partial charge in [-0.1, -0.05) is 12.1 Å². The second kappa shape index (κ2) is 15.4. The summed E-state index contributed by atoms with van der Waals surface area (Å²) < 4.78 is 22.4. The number of piperidine rings is 1. The first-order chi connectivity index (χ1) is 20.2. The monoisotopic (exact) mass is 626 g/mol. The normalized spacial score (nSPS) is 17.1. The highest BCUT2D eigenvalue weighted by atomic mass is 35.5. The van der Waals surface area contributed by atoms with Gasteiger partial charge >= 0.3 is 0 Å². The van der Waals surface area contributed by atoms with E-state index in [9.17, 15) is 0 Å². The minimum Gasteiger partial charge on any atom is -0.497 e. The van der Waals surface area contributed by atoms with E-state index in [4.69, 9.17) is 18.9 Å². The molecule has 0 spiro atoms. The van der Waals surface area contributed by atoms with Crippen LogP contribution in [0.5, 0.6) is 17.2 Å². The van der Waals surface area contributed by atoms with Gasteiger partial charge in [0.1, 0.15) is 29.5 Å². The summed E-state index contributed by atoms with van der Waals surface area (Å²) in [6.07, 6.45) is 4.54. The van der Waals surface area contributed by atoms with Crippen molar-refractivity contribution in [2.75, 3.05) is 45.8 Å². The molecular formula is C33H40Cl2N4O4. The number of benzene rings is 3. The molecule has 8 nitrogen and oxygen atoms in total. The Morgan fingerprint density at radius 1 is 0.814 bits per heavy atom. The van der Waals surface area contributed by atoms with Crippen LogP contribution < -0.4 is 19.5 Å². The van der Waals surface area contributed by atoms with Gasteiger partial charge in [-0.15, -0.1) is 35.0 Å². The highest BCUT2D eigenvalue weighted by molar-refractivity contribution is 6.00. The smallest absolute Gasteiger partial charge is 0.156 e. The van der Waals surface area contributed by atoms with Crippen molar-refractivity contribution in [3.05, 3.63) is 72.3 Å². The Hall–Kier alpha value is -3.30. The van der Waals surface area contributed by atoms with Crippen LogP contribution in [0.2, 0.25) is 0 Å². The van der Waals surface area contributed by atoms with Crippen LogP contribution in [0.15, 0.2) is 66.7 Å². The molecule has 3 heterocycles. The molecule has 1 unspecified atom stereocenters. The van der Waals surface area contributed by atoms with Crippen LogP contribution in [-0.2, 0) is 11.3 Å². The van der Waals surface area contributed by atoms with Gasteiger partial charge in [0, 0.05) is 48.6 Å². The Morgan fingerprint density at radius 3 is 2.19 bits per heavy atom. The Labute approximate surface area is 265 Å². The lowest BCUT2D eigenvalue weighted by atomic mass is 10.0. The Kier molecular flexibility index (Phi) is 11.7.